The normalized spacial score (nSPS) is 13.1. The van der Waals surface area contributed by atoms with Crippen molar-refractivity contribution in [2.45, 2.75) is 19.8 Å². The standard InChI is InChI=1S/C10H20O3Si/c1-5-6-7-8-9-10-14(11-2,12-3)13-4/h7-10H,5-6H2,1-4H3/b8-7+,10-9+. The molecule has 0 N–H and O–H groups in total. The molecule has 0 aliphatic heterocycles. The summed E-state index contributed by atoms with van der Waals surface area (Å²) in [5, 5.41) is 0. The molecule has 82 valence electrons. The lowest BCUT2D eigenvalue weighted by Crippen LogP contribution is -2.40. The van der Waals surface area contributed by atoms with Gasteiger partial charge in [-0.1, -0.05) is 31.6 Å². The van der Waals surface area contributed by atoms with E-state index < -0.39 is 8.80 Å². The molecule has 0 bridgehead atoms. The predicted molar refractivity (Wildman–Crippen MR) is 60.0 cm³/mol. The highest BCUT2D eigenvalue weighted by molar-refractivity contribution is 6.66. The lowest BCUT2D eigenvalue weighted by Gasteiger charge is -2.19. The summed E-state index contributed by atoms with van der Waals surface area (Å²) in [6, 6.07) is 0. The molecule has 0 aromatic heterocycles. The Morgan fingerprint density at radius 2 is 1.57 bits per heavy atom. The molecule has 0 fully saturated rings. The summed E-state index contributed by atoms with van der Waals surface area (Å²) in [4.78, 5) is 0. The molecule has 0 saturated heterocycles. The quantitative estimate of drug-likeness (QED) is 0.483. The fourth-order valence-electron chi connectivity index (χ4n) is 0.969. The maximum atomic E-state index is 5.22. The van der Waals surface area contributed by atoms with Gasteiger partial charge in [-0.3, -0.25) is 0 Å². The van der Waals surface area contributed by atoms with E-state index in [1.807, 2.05) is 17.9 Å². The van der Waals surface area contributed by atoms with Gasteiger partial charge in [0.2, 0.25) is 0 Å². The Balaban J connectivity index is 4.15. The smallest absolute Gasteiger partial charge is 0.374 e. The zero-order valence-electron chi connectivity index (χ0n) is 9.45. The highest BCUT2D eigenvalue weighted by atomic mass is 28.4. The predicted octanol–water partition coefficient (Wildman–Crippen LogP) is 2.32. The fraction of sp³-hybridized carbons (Fsp3) is 0.600. The zero-order chi connectivity index (χ0) is 10.9. The second-order valence-electron chi connectivity index (χ2n) is 2.79. The average molecular weight is 216 g/mol. The maximum Gasteiger partial charge on any atom is 0.528 e. The molecule has 0 heterocycles. The van der Waals surface area contributed by atoms with E-state index in [9.17, 15) is 0 Å². The molecule has 14 heavy (non-hydrogen) atoms. The summed E-state index contributed by atoms with van der Waals surface area (Å²) in [6.07, 6.45) is 8.26. The molecule has 0 aliphatic rings. The molecule has 0 radical (unpaired) electrons. The van der Waals surface area contributed by atoms with Gasteiger partial charge >= 0.3 is 8.80 Å². The van der Waals surface area contributed by atoms with Gasteiger partial charge in [-0.15, -0.1) is 0 Å². The summed E-state index contributed by atoms with van der Waals surface area (Å²) in [7, 11) is 2.28. The van der Waals surface area contributed by atoms with Gasteiger partial charge in [-0.2, -0.15) is 0 Å². The van der Waals surface area contributed by atoms with Gasteiger partial charge in [0.15, 0.2) is 0 Å². The Labute approximate surface area is 87.7 Å². The highest BCUT2D eigenvalue weighted by Gasteiger charge is 2.33. The van der Waals surface area contributed by atoms with E-state index in [2.05, 4.69) is 13.0 Å². The third-order valence-corrected chi connectivity index (χ3v) is 4.16. The lowest BCUT2D eigenvalue weighted by molar-refractivity contribution is 0.138. The van der Waals surface area contributed by atoms with Crippen LogP contribution in [-0.2, 0) is 13.3 Å². The first kappa shape index (κ1) is 13.6. The second kappa shape index (κ2) is 7.93. The van der Waals surface area contributed by atoms with E-state index in [-0.39, 0.29) is 0 Å². The van der Waals surface area contributed by atoms with Crippen molar-refractivity contribution < 1.29 is 13.3 Å². The SMILES string of the molecule is CCC/C=C/C=C/[Si](OC)(OC)OC. The Bertz CT molecular complexity index is 178. The Morgan fingerprint density at radius 3 is 2.00 bits per heavy atom. The number of allylic oxidation sites excluding steroid dienone is 3. The van der Waals surface area contributed by atoms with Crippen LogP contribution in [0.5, 0.6) is 0 Å². The van der Waals surface area contributed by atoms with Crippen LogP contribution in [0.15, 0.2) is 23.9 Å². The molecular formula is C10H20O3Si. The van der Waals surface area contributed by atoms with E-state index in [1.54, 1.807) is 21.3 Å². The topological polar surface area (TPSA) is 27.7 Å². The first-order chi connectivity index (χ1) is 6.74. The van der Waals surface area contributed by atoms with Crippen LogP contribution in [0, 0.1) is 0 Å². The Hall–Kier alpha value is -0.423. The number of hydrogen-bond donors (Lipinski definition) is 0. The minimum Gasteiger partial charge on any atom is -0.374 e. The van der Waals surface area contributed by atoms with Crippen molar-refractivity contribution in [3.63, 3.8) is 0 Å². The van der Waals surface area contributed by atoms with E-state index in [1.165, 1.54) is 0 Å². The zero-order valence-corrected chi connectivity index (χ0v) is 10.4. The van der Waals surface area contributed by atoms with Crippen molar-refractivity contribution >= 4 is 8.80 Å². The van der Waals surface area contributed by atoms with Crippen LogP contribution in [0.1, 0.15) is 19.8 Å². The van der Waals surface area contributed by atoms with Crippen molar-refractivity contribution in [2.75, 3.05) is 21.3 Å². The fourth-order valence-corrected chi connectivity index (χ4v) is 2.22. The van der Waals surface area contributed by atoms with Gasteiger partial charge in [0.1, 0.15) is 0 Å². The van der Waals surface area contributed by atoms with Crippen LogP contribution >= 0.6 is 0 Å². The van der Waals surface area contributed by atoms with Crippen LogP contribution < -0.4 is 0 Å². The summed E-state index contributed by atoms with van der Waals surface area (Å²) in [5.41, 5.74) is 1.86. The average Bonchev–Trinajstić information content (AvgIpc) is 2.24. The van der Waals surface area contributed by atoms with E-state index in [4.69, 9.17) is 13.3 Å². The molecule has 0 aromatic rings. The van der Waals surface area contributed by atoms with Crippen molar-refractivity contribution in [1.82, 2.24) is 0 Å². The van der Waals surface area contributed by atoms with E-state index in [0.717, 1.165) is 12.8 Å². The van der Waals surface area contributed by atoms with Crippen molar-refractivity contribution in [2.24, 2.45) is 0 Å². The van der Waals surface area contributed by atoms with Gasteiger partial charge in [0.25, 0.3) is 0 Å². The highest BCUT2D eigenvalue weighted by Crippen LogP contribution is 2.07. The minimum absolute atomic E-state index is 1.09. The van der Waals surface area contributed by atoms with Crippen molar-refractivity contribution in [3.8, 4) is 0 Å². The van der Waals surface area contributed by atoms with Gasteiger partial charge in [0, 0.05) is 21.3 Å². The molecular weight excluding hydrogens is 196 g/mol. The number of hydrogen-bond acceptors (Lipinski definition) is 3. The van der Waals surface area contributed by atoms with Crippen LogP contribution in [0.25, 0.3) is 0 Å². The van der Waals surface area contributed by atoms with E-state index in [0.29, 0.717) is 0 Å². The van der Waals surface area contributed by atoms with Crippen LogP contribution in [0.4, 0.5) is 0 Å². The molecule has 0 unspecified atom stereocenters. The van der Waals surface area contributed by atoms with Crippen LogP contribution in [-0.4, -0.2) is 30.1 Å². The summed E-state index contributed by atoms with van der Waals surface area (Å²) >= 11 is 0. The van der Waals surface area contributed by atoms with Crippen molar-refractivity contribution in [1.29, 1.82) is 0 Å². The van der Waals surface area contributed by atoms with Gasteiger partial charge in [-0.05, 0) is 12.1 Å². The largest absolute Gasteiger partial charge is 0.528 e. The number of unbranched alkanes of at least 4 members (excludes halogenated alkanes) is 1. The molecule has 0 aromatic carbocycles. The molecule has 0 amide bonds. The molecule has 0 saturated carbocycles. The summed E-state index contributed by atoms with van der Waals surface area (Å²) in [6.45, 7) is 2.15. The summed E-state index contributed by atoms with van der Waals surface area (Å²) in [5.74, 6) is 0. The van der Waals surface area contributed by atoms with Crippen LogP contribution in [0.2, 0.25) is 0 Å². The van der Waals surface area contributed by atoms with Crippen LogP contribution in [0.3, 0.4) is 0 Å². The Kier molecular flexibility index (Phi) is 7.69. The molecule has 3 nitrogen and oxygen atoms in total. The van der Waals surface area contributed by atoms with Gasteiger partial charge < -0.3 is 13.3 Å². The monoisotopic (exact) mass is 216 g/mol. The molecule has 0 spiro atoms. The summed E-state index contributed by atoms with van der Waals surface area (Å²) < 4.78 is 15.6. The molecule has 0 atom stereocenters. The minimum atomic E-state index is -2.51. The van der Waals surface area contributed by atoms with Crippen molar-refractivity contribution in [3.05, 3.63) is 23.9 Å². The molecule has 4 heteroatoms. The Morgan fingerprint density at radius 1 is 1.00 bits per heavy atom. The first-order valence-corrected chi connectivity index (χ1v) is 6.54. The number of rotatable bonds is 7. The third-order valence-electron chi connectivity index (χ3n) is 1.86. The van der Waals surface area contributed by atoms with E-state index >= 15 is 0 Å². The third kappa shape index (κ3) is 4.71. The van der Waals surface area contributed by atoms with Gasteiger partial charge in [-0.25, -0.2) is 0 Å². The van der Waals surface area contributed by atoms with Gasteiger partial charge in [0.05, 0.1) is 0 Å². The second-order valence-corrected chi connectivity index (χ2v) is 5.56. The molecule has 0 rings (SSSR count). The first-order valence-electron chi connectivity index (χ1n) is 4.74. The lowest BCUT2D eigenvalue weighted by atomic mass is 10.3. The molecule has 0 aliphatic carbocycles. The maximum absolute atomic E-state index is 5.22.